The van der Waals surface area contributed by atoms with Crippen LogP contribution in [0.5, 0.6) is 5.88 Å². The highest BCUT2D eigenvalue weighted by Gasteiger charge is 1.98. The average molecular weight is 237 g/mol. The van der Waals surface area contributed by atoms with Crippen LogP contribution < -0.4 is 10.1 Å². The molecule has 0 amide bonds. The lowest BCUT2D eigenvalue weighted by Gasteiger charge is -2.05. The Labute approximate surface area is 97.5 Å². The Hall–Kier alpha value is -1.88. The fourth-order valence-corrected chi connectivity index (χ4v) is 1.27. The highest BCUT2D eigenvalue weighted by atomic mass is 35.5. The van der Waals surface area contributed by atoms with E-state index in [0.717, 1.165) is 5.69 Å². The van der Waals surface area contributed by atoms with Crippen LogP contribution in [0.1, 0.15) is 0 Å². The predicted octanol–water partition coefficient (Wildman–Crippen LogP) is 2.28. The summed E-state index contributed by atoms with van der Waals surface area (Å²) in [5.41, 5.74) is 0.801. The van der Waals surface area contributed by atoms with Crippen LogP contribution in [0.2, 0.25) is 5.15 Å². The number of halogens is 1. The molecular formula is C10H9ClN4O. The van der Waals surface area contributed by atoms with Crippen molar-refractivity contribution in [3.05, 3.63) is 35.9 Å². The number of hydrogen-bond acceptors (Lipinski definition) is 5. The van der Waals surface area contributed by atoms with E-state index >= 15 is 0 Å². The van der Waals surface area contributed by atoms with Gasteiger partial charge < -0.3 is 10.1 Å². The highest BCUT2D eigenvalue weighted by Crippen LogP contribution is 2.17. The Balaban J connectivity index is 2.14. The van der Waals surface area contributed by atoms with Gasteiger partial charge in [0.15, 0.2) is 0 Å². The zero-order valence-corrected chi connectivity index (χ0v) is 9.27. The van der Waals surface area contributed by atoms with Crippen molar-refractivity contribution in [1.29, 1.82) is 0 Å². The summed E-state index contributed by atoms with van der Waals surface area (Å²) in [6.07, 6.45) is 3.04. The van der Waals surface area contributed by atoms with Crippen molar-refractivity contribution in [1.82, 2.24) is 15.0 Å². The monoisotopic (exact) mass is 236 g/mol. The largest absolute Gasteiger partial charge is 0.481 e. The van der Waals surface area contributed by atoms with E-state index in [0.29, 0.717) is 16.9 Å². The molecule has 2 aromatic rings. The Morgan fingerprint density at radius 2 is 2.12 bits per heavy atom. The molecule has 0 unspecified atom stereocenters. The summed E-state index contributed by atoms with van der Waals surface area (Å²) in [7, 11) is 1.57. The van der Waals surface area contributed by atoms with Gasteiger partial charge in [-0.1, -0.05) is 11.6 Å². The summed E-state index contributed by atoms with van der Waals surface area (Å²) < 4.78 is 4.95. The number of anilines is 2. The fourth-order valence-electron chi connectivity index (χ4n) is 1.12. The van der Waals surface area contributed by atoms with Crippen LogP contribution in [0.4, 0.5) is 11.5 Å². The first-order chi connectivity index (χ1) is 7.78. The van der Waals surface area contributed by atoms with Crippen LogP contribution >= 0.6 is 11.6 Å². The van der Waals surface area contributed by atoms with Crippen molar-refractivity contribution >= 4 is 23.1 Å². The molecule has 0 atom stereocenters. The summed E-state index contributed by atoms with van der Waals surface area (Å²) in [5, 5.41) is 3.43. The van der Waals surface area contributed by atoms with Gasteiger partial charge in [0.25, 0.3) is 0 Å². The van der Waals surface area contributed by atoms with Gasteiger partial charge in [-0.05, 0) is 6.07 Å². The van der Waals surface area contributed by atoms with Crippen LogP contribution in [-0.4, -0.2) is 22.1 Å². The van der Waals surface area contributed by atoms with Crippen LogP contribution in [0.15, 0.2) is 30.7 Å². The first-order valence-electron chi connectivity index (χ1n) is 4.52. The highest BCUT2D eigenvalue weighted by molar-refractivity contribution is 6.29. The molecule has 16 heavy (non-hydrogen) atoms. The minimum Gasteiger partial charge on any atom is -0.481 e. The number of pyridine rings is 1. The van der Waals surface area contributed by atoms with Crippen molar-refractivity contribution < 1.29 is 4.74 Å². The molecule has 2 heterocycles. The van der Waals surface area contributed by atoms with Crippen LogP contribution in [-0.2, 0) is 0 Å². The molecule has 2 rings (SSSR count). The van der Waals surface area contributed by atoms with Gasteiger partial charge in [0, 0.05) is 12.1 Å². The molecule has 6 heteroatoms. The van der Waals surface area contributed by atoms with E-state index in [1.165, 1.54) is 6.33 Å². The molecule has 1 N–H and O–H groups in total. The molecule has 0 aliphatic rings. The molecule has 0 radical (unpaired) electrons. The summed E-state index contributed by atoms with van der Waals surface area (Å²) in [6, 6.07) is 5.22. The number of aromatic nitrogens is 3. The van der Waals surface area contributed by atoms with E-state index in [4.69, 9.17) is 16.3 Å². The predicted molar refractivity (Wildman–Crippen MR) is 61.1 cm³/mol. The van der Waals surface area contributed by atoms with Gasteiger partial charge in [-0.2, -0.15) is 0 Å². The van der Waals surface area contributed by atoms with Crippen molar-refractivity contribution in [2.75, 3.05) is 12.4 Å². The van der Waals surface area contributed by atoms with Gasteiger partial charge >= 0.3 is 0 Å². The van der Waals surface area contributed by atoms with Crippen LogP contribution in [0.25, 0.3) is 0 Å². The molecule has 0 aliphatic heterocycles. The van der Waals surface area contributed by atoms with E-state index < -0.39 is 0 Å². The van der Waals surface area contributed by atoms with Crippen molar-refractivity contribution in [3.63, 3.8) is 0 Å². The van der Waals surface area contributed by atoms with Gasteiger partial charge in [-0.25, -0.2) is 15.0 Å². The number of ether oxygens (including phenoxy) is 1. The third-order valence-corrected chi connectivity index (χ3v) is 2.06. The number of hydrogen-bond donors (Lipinski definition) is 1. The van der Waals surface area contributed by atoms with Gasteiger partial charge in [0.05, 0.1) is 19.0 Å². The molecule has 0 saturated heterocycles. The molecule has 0 bridgehead atoms. The van der Waals surface area contributed by atoms with E-state index in [9.17, 15) is 0 Å². The first kappa shape index (κ1) is 10.6. The Bertz CT molecular complexity index is 475. The van der Waals surface area contributed by atoms with Crippen LogP contribution in [0, 0.1) is 0 Å². The lowest BCUT2D eigenvalue weighted by Crippen LogP contribution is -1.95. The van der Waals surface area contributed by atoms with Crippen molar-refractivity contribution in [2.24, 2.45) is 0 Å². The third kappa shape index (κ3) is 2.58. The van der Waals surface area contributed by atoms with Crippen molar-refractivity contribution in [3.8, 4) is 5.88 Å². The van der Waals surface area contributed by atoms with Crippen LogP contribution in [0.3, 0.4) is 0 Å². The molecule has 5 nitrogen and oxygen atoms in total. The Morgan fingerprint density at radius 1 is 1.25 bits per heavy atom. The molecule has 0 aliphatic carbocycles. The summed E-state index contributed by atoms with van der Waals surface area (Å²) in [4.78, 5) is 11.9. The topological polar surface area (TPSA) is 59.9 Å². The van der Waals surface area contributed by atoms with E-state index in [2.05, 4.69) is 20.3 Å². The van der Waals surface area contributed by atoms with E-state index in [1.54, 1.807) is 25.4 Å². The smallest absolute Gasteiger partial charge is 0.213 e. The molecule has 0 spiro atoms. The number of nitrogens with zero attached hydrogens (tertiary/aromatic N) is 3. The SMILES string of the molecule is COc1ccc(Nc2cc(Cl)ncn2)cn1. The lowest BCUT2D eigenvalue weighted by molar-refractivity contribution is 0.398. The molecule has 82 valence electrons. The standard InChI is InChI=1S/C10H9ClN4O/c1-16-10-3-2-7(5-12-10)15-9-4-8(11)13-6-14-9/h2-6H,1H3,(H,13,14,15). The molecule has 0 saturated carbocycles. The number of rotatable bonds is 3. The summed E-state index contributed by atoms with van der Waals surface area (Å²) in [5.74, 6) is 1.18. The summed E-state index contributed by atoms with van der Waals surface area (Å²) >= 11 is 5.73. The molecule has 0 fully saturated rings. The second-order valence-electron chi connectivity index (χ2n) is 2.94. The van der Waals surface area contributed by atoms with Crippen molar-refractivity contribution in [2.45, 2.75) is 0 Å². The zero-order valence-electron chi connectivity index (χ0n) is 8.51. The molecular weight excluding hydrogens is 228 g/mol. The molecule has 0 aromatic carbocycles. The Morgan fingerprint density at radius 3 is 2.75 bits per heavy atom. The molecule has 2 aromatic heterocycles. The lowest BCUT2D eigenvalue weighted by atomic mass is 10.4. The van der Waals surface area contributed by atoms with Gasteiger partial charge in [-0.3, -0.25) is 0 Å². The fraction of sp³-hybridized carbons (Fsp3) is 0.100. The quantitative estimate of drug-likeness (QED) is 0.829. The minimum atomic E-state index is 0.388. The maximum Gasteiger partial charge on any atom is 0.213 e. The second-order valence-corrected chi connectivity index (χ2v) is 3.33. The Kier molecular flexibility index (Phi) is 3.16. The normalized spacial score (nSPS) is 9.88. The maximum absolute atomic E-state index is 5.73. The van der Waals surface area contributed by atoms with Gasteiger partial charge in [0.1, 0.15) is 17.3 Å². The minimum absolute atomic E-state index is 0.388. The number of methoxy groups -OCH3 is 1. The van der Waals surface area contributed by atoms with E-state index in [-0.39, 0.29) is 0 Å². The number of nitrogens with one attached hydrogen (secondary N) is 1. The maximum atomic E-state index is 5.73. The average Bonchev–Trinajstić information content (AvgIpc) is 2.30. The summed E-state index contributed by atoms with van der Waals surface area (Å²) in [6.45, 7) is 0. The zero-order chi connectivity index (χ0) is 11.4. The first-order valence-corrected chi connectivity index (χ1v) is 4.90. The third-order valence-electron chi connectivity index (χ3n) is 1.85. The van der Waals surface area contributed by atoms with Gasteiger partial charge in [-0.15, -0.1) is 0 Å². The van der Waals surface area contributed by atoms with Gasteiger partial charge in [0.2, 0.25) is 5.88 Å². The second kappa shape index (κ2) is 4.76. The van der Waals surface area contributed by atoms with E-state index in [1.807, 2.05) is 6.07 Å².